The summed E-state index contributed by atoms with van der Waals surface area (Å²) < 4.78 is 16.4. The van der Waals surface area contributed by atoms with Crippen molar-refractivity contribution in [1.82, 2.24) is 0 Å². The molecule has 3 fully saturated rings. The van der Waals surface area contributed by atoms with Gasteiger partial charge in [-0.05, 0) is 36.7 Å². The Hall–Kier alpha value is -2.30. The maximum Gasteiger partial charge on any atom is 0.334 e. The summed E-state index contributed by atoms with van der Waals surface area (Å²) in [7, 11) is 0. The lowest BCUT2D eigenvalue weighted by molar-refractivity contribution is -0.187. The molecule has 0 amide bonds. The smallest absolute Gasteiger partial charge is 0.334 e. The largest absolute Gasteiger partial charge is 0.472 e. The lowest BCUT2D eigenvalue weighted by Crippen LogP contribution is -2.56. The molecule has 1 aromatic rings. The third-order valence-corrected chi connectivity index (χ3v) is 6.85. The van der Waals surface area contributed by atoms with Crippen LogP contribution in [0.4, 0.5) is 0 Å². The molecule has 25 heavy (non-hydrogen) atoms. The predicted octanol–water partition coefficient (Wildman–Crippen LogP) is 3.34. The summed E-state index contributed by atoms with van der Waals surface area (Å²) in [6.45, 7) is 2.59. The van der Waals surface area contributed by atoms with Gasteiger partial charge in [0.15, 0.2) is 0 Å². The van der Waals surface area contributed by atoms with Crippen LogP contribution in [0.15, 0.2) is 46.8 Å². The van der Waals surface area contributed by atoms with Gasteiger partial charge in [0.1, 0.15) is 12.7 Å². The average molecular weight is 340 g/mol. The topological polar surface area (TPSA) is 65.7 Å². The van der Waals surface area contributed by atoms with Gasteiger partial charge in [-0.15, -0.1) is 0 Å². The summed E-state index contributed by atoms with van der Waals surface area (Å²) in [4.78, 5) is 25.0. The number of carbonyl (C=O) groups is 2. The second-order valence-corrected chi connectivity index (χ2v) is 7.96. The van der Waals surface area contributed by atoms with E-state index in [1.54, 1.807) is 12.5 Å². The second kappa shape index (κ2) is 4.87. The van der Waals surface area contributed by atoms with Gasteiger partial charge in [-0.25, -0.2) is 4.79 Å². The SMILES string of the molecule is C[C@]12C[C@H](c3ccoc3)OC(=O)[C@H]1CCC13COC(=O)C1=CC=C[C@H]32. The lowest BCUT2D eigenvalue weighted by atomic mass is 9.47. The quantitative estimate of drug-likeness (QED) is 0.734. The Morgan fingerprint density at radius 2 is 2.16 bits per heavy atom. The van der Waals surface area contributed by atoms with E-state index >= 15 is 0 Å². The van der Waals surface area contributed by atoms with Crippen LogP contribution in [0.25, 0.3) is 0 Å². The van der Waals surface area contributed by atoms with E-state index in [1.165, 1.54) is 0 Å². The summed E-state index contributed by atoms with van der Waals surface area (Å²) in [5.41, 5.74) is 1.09. The minimum atomic E-state index is -0.302. The monoisotopic (exact) mass is 340 g/mol. The number of fused-ring (bicyclic) bond motifs is 2. The van der Waals surface area contributed by atoms with E-state index in [4.69, 9.17) is 13.9 Å². The van der Waals surface area contributed by atoms with Crippen molar-refractivity contribution in [3.8, 4) is 0 Å². The van der Waals surface area contributed by atoms with Crippen molar-refractivity contribution in [1.29, 1.82) is 0 Å². The van der Waals surface area contributed by atoms with Gasteiger partial charge in [0.2, 0.25) is 0 Å². The van der Waals surface area contributed by atoms with Crippen LogP contribution in [0.1, 0.15) is 37.9 Å². The zero-order chi connectivity index (χ0) is 17.2. The highest BCUT2D eigenvalue weighted by Crippen LogP contribution is 2.65. The number of cyclic esters (lactones) is 2. The zero-order valence-electron chi connectivity index (χ0n) is 14.1. The van der Waals surface area contributed by atoms with Gasteiger partial charge >= 0.3 is 11.9 Å². The third kappa shape index (κ3) is 1.84. The highest BCUT2D eigenvalue weighted by molar-refractivity contribution is 5.93. The summed E-state index contributed by atoms with van der Waals surface area (Å²) in [5, 5.41) is 0. The number of carbonyl (C=O) groups excluding carboxylic acids is 2. The van der Waals surface area contributed by atoms with Crippen LogP contribution < -0.4 is 0 Å². The van der Waals surface area contributed by atoms with Crippen molar-refractivity contribution >= 4 is 11.9 Å². The highest BCUT2D eigenvalue weighted by Gasteiger charge is 2.64. The number of allylic oxidation sites excluding steroid dienone is 3. The van der Waals surface area contributed by atoms with Gasteiger partial charge < -0.3 is 13.9 Å². The number of rotatable bonds is 1. The fourth-order valence-corrected chi connectivity index (χ4v) is 5.62. The van der Waals surface area contributed by atoms with Crippen LogP contribution in [0.2, 0.25) is 0 Å². The molecular formula is C20H20O5. The second-order valence-electron chi connectivity index (χ2n) is 7.96. The van der Waals surface area contributed by atoms with Gasteiger partial charge in [-0.2, -0.15) is 0 Å². The minimum Gasteiger partial charge on any atom is -0.472 e. The molecule has 5 heteroatoms. The van der Waals surface area contributed by atoms with Crippen molar-refractivity contribution in [2.75, 3.05) is 6.61 Å². The maximum absolute atomic E-state index is 12.8. The van der Waals surface area contributed by atoms with Crippen LogP contribution in [0.5, 0.6) is 0 Å². The average Bonchev–Trinajstić information content (AvgIpc) is 3.23. The third-order valence-electron chi connectivity index (χ3n) is 6.85. The standard InChI is InChI=1S/C20H20O5/c1-19-9-15(12-6-8-23-10-12)25-18(22)13(19)5-7-20-11-24-17(21)14(20)3-2-4-16(19)20/h2-4,6,8,10,13,15-16H,5,7,9,11H2,1H3/t13-,15-,16+,19+,20?/m1/s1. The van der Waals surface area contributed by atoms with E-state index in [0.29, 0.717) is 6.61 Å². The Labute approximate surface area is 145 Å². The van der Waals surface area contributed by atoms with Gasteiger partial charge in [0.25, 0.3) is 0 Å². The van der Waals surface area contributed by atoms with E-state index in [0.717, 1.165) is 30.4 Å². The Balaban J connectivity index is 1.58. The predicted molar refractivity (Wildman–Crippen MR) is 87.1 cm³/mol. The van der Waals surface area contributed by atoms with Crippen molar-refractivity contribution in [2.24, 2.45) is 22.7 Å². The molecule has 0 aromatic carbocycles. The van der Waals surface area contributed by atoms with Crippen LogP contribution in [0, 0.1) is 22.7 Å². The van der Waals surface area contributed by atoms with Crippen LogP contribution in [0.3, 0.4) is 0 Å². The molecule has 1 saturated carbocycles. The maximum atomic E-state index is 12.8. The molecule has 0 N–H and O–H groups in total. The van der Waals surface area contributed by atoms with E-state index in [1.807, 2.05) is 18.2 Å². The van der Waals surface area contributed by atoms with Crippen LogP contribution in [-0.2, 0) is 19.1 Å². The summed E-state index contributed by atoms with van der Waals surface area (Å²) in [6, 6.07) is 1.85. The van der Waals surface area contributed by atoms with Crippen molar-refractivity contribution in [3.05, 3.63) is 48.0 Å². The number of esters is 2. The molecule has 2 saturated heterocycles. The molecule has 0 bridgehead atoms. The normalized spacial score (nSPS) is 42.0. The molecule has 0 radical (unpaired) electrons. The van der Waals surface area contributed by atoms with Crippen molar-refractivity contribution < 1.29 is 23.5 Å². The van der Waals surface area contributed by atoms with Crippen LogP contribution >= 0.6 is 0 Å². The first-order valence-electron chi connectivity index (χ1n) is 8.83. The molecule has 130 valence electrons. The van der Waals surface area contributed by atoms with Crippen molar-refractivity contribution in [3.63, 3.8) is 0 Å². The molecule has 2 aliphatic carbocycles. The molecule has 5 nitrogen and oxygen atoms in total. The number of hydrogen-bond acceptors (Lipinski definition) is 5. The van der Waals surface area contributed by atoms with E-state index in [-0.39, 0.29) is 40.7 Å². The molecule has 2 aliphatic heterocycles. The molecular weight excluding hydrogens is 320 g/mol. The summed E-state index contributed by atoms with van der Waals surface area (Å²) in [6.07, 6.45) is 11.2. The fourth-order valence-electron chi connectivity index (χ4n) is 5.62. The van der Waals surface area contributed by atoms with Crippen molar-refractivity contribution in [2.45, 2.75) is 32.3 Å². The molecule has 3 heterocycles. The van der Waals surface area contributed by atoms with Gasteiger partial charge in [0, 0.05) is 16.6 Å². The number of hydrogen-bond donors (Lipinski definition) is 0. The highest BCUT2D eigenvalue weighted by atomic mass is 16.5. The molecule has 5 rings (SSSR count). The van der Waals surface area contributed by atoms with E-state index < -0.39 is 0 Å². The molecule has 1 unspecified atom stereocenters. The first-order valence-corrected chi connectivity index (χ1v) is 8.83. The Morgan fingerprint density at radius 3 is 2.96 bits per heavy atom. The van der Waals surface area contributed by atoms with Gasteiger partial charge in [-0.3, -0.25) is 4.79 Å². The zero-order valence-corrected chi connectivity index (χ0v) is 14.1. The number of furan rings is 1. The fraction of sp³-hybridized carbons (Fsp3) is 0.500. The summed E-state index contributed by atoms with van der Waals surface area (Å²) >= 11 is 0. The van der Waals surface area contributed by atoms with E-state index in [2.05, 4.69) is 13.0 Å². The van der Waals surface area contributed by atoms with Gasteiger partial charge in [0.05, 0.1) is 18.4 Å². The van der Waals surface area contributed by atoms with Crippen LogP contribution in [-0.4, -0.2) is 18.5 Å². The molecule has 1 aromatic heterocycles. The molecule has 4 aliphatic rings. The van der Waals surface area contributed by atoms with Gasteiger partial charge in [-0.1, -0.05) is 25.2 Å². The number of ether oxygens (including phenoxy) is 2. The van der Waals surface area contributed by atoms with E-state index in [9.17, 15) is 9.59 Å². The first-order chi connectivity index (χ1) is 12.0. The minimum absolute atomic E-state index is 0.0902. The Morgan fingerprint density at radius 1 is 1.28 bits per heavy atom. The Kier molecular flexibility index (Phi) is 2.92. The molecule has 1 spiro atoms. The lowest BCUT2D eigenvalue weighted by Gasteiger charge is -2.57. The Bertz CT molecular complexity index is 804. The first kappa shape index (κ1) is 15.0. The molecule has 5 atom stereocenters. The summed E-state index contributed by atoms with van der Waals surface area (Å²) in [5.74, 6) is -0.399.